The summed E-state index contributed by atoms with van der Waals surface area (Å²) < 4.78 is 229. The van der Waals surface area contributed by atoms with Crippen LogP contribution in [0.3, 0.4) is 0 Å². The van der Waals surface area contributed by atoms with Crippen LogP contribution >= 0.6 is 11.6 Å². The number of anilines is 15. The molecule has 33 nitrogen and oxygen atoms in total. The highest BCUT2D eigenvalue weighted by Gasteiger charge is 2.33. The van der Waals surface area contributed by atoms with Crippen LogP contribution < -0.4 is 69.5 Å². The summed E-state index contributed by atoms with van der Waals surface area (Å²) in [7, 11) is 0. The number of nitrogens with two attached hydrogens (primary N) is 5. The second-order valence-corrected chi connectivity index (χ2v) is 31.8. The summed E-state index contributed by atoms with van der Waals surface area (Å²) in [5.41, 5.74) is 38.8. The van der Waals surface area contributed by atoms with Crippen molar-refractivity contribution in [1.29, 1.82) is 0 Å². The molecule has 7 aromatic carbocycles. The van der Waals surface area contributed by atoms with Gasteiger partial charge in [-0.3, -0.25) is 22.3 Å². The van der Waals surface area contributed by atoms with E-state index in [-0.39, 0.29) is 86.1 Å². The SMILES string of the molecule is CCc1nc2ccccc2n1-c1nc(N)c(Cl)c(Nc2ccc(OC(F)F)cc2)n1.Cc1c(N)nc(-n2c(C)nc3ccccc32)nc1Nc1ccc(C(F)(F)F)cc1.Cc1nc2ccccn2c1-c1nc(N)c(F)c(Nc2ccc(C(F)(F)F)cc2)n1.Cc1nc2ccccn2c1-c1nc(N)c(F)c(Nc2ccc(OC(F)F)c(F)c2)n1.Cc1nc2ccccn2c1-c1nc(N)c(F)c(Nc2ccc(OC(F)F)cc2)n1. The molecule has 0 fully saturated rings. The minimum absolute atomic E-state index is 0.0183. The van der Waals surface area contributed by atoms with Crippen LogP contribution in [0.4, 0.5) is 157 Å². The number of fused-ring (bicyclic) bond motifs is 5. The maximum absolute atomic E-state index is 14.5. The van der Waals surface area contributed by atoms with Crippen molar-refractivity contribution >= 4 is 137 Å². The minimum atomic E-state index is -4.46. The summed E-state index contributed by atoms with van der Waals surface area (Å²) in [5.74, 6) is -2.62. The second kappa shape index (κ2) is 42.7. The van der Waals surface area contributed by atoms with Crippen LogP contribution in [0.1, 0.15) is 52.3 Å². The van der Waals surface area contributed by atoms with Crippen molar-refractivity contribution in [1.82, 2.24) is 97.1 Å². The number of aryl methyl sites for hydroxylation is 5. The fraction of sp³-hybridized carbons (Fsp3) is 0.124. The predicted molar refractivity (Wildman–Crippen MR) is 520 cm³/mol. The first kappa shape index (κ1) is 101. The summed E-state index contributed by atoms with van der Waals surface area (Å²) in [6.45, 7) is 1.87. The van der Waals surface area contributed by atoms with Crippen LogP contribution in [0.15, 0.2) is 237 Å². The second-order valence-electron chi connectivity index (χ2n) is 31.5. The van der Waals surface area contributed by atoms with Gasteiger partial charge in [0.15, 0.2) is 69.8 Å². The Morgan fingerprint density at radius 1 is 0.347 bits per heavy atom. The van der Waals surface area contributed by atoms with Gasteiger partial charge in [-0.05, 0) is 204 Å². The lowest BCUT2D eigenvalue weighted by molar-refractivity contribution is -0.138. The third kappa shape index (κ3) is 23.0. The van der Waals surface area contributed by atoms with Crippen LogP contribution in [0, 0.1) is 57.9 Å². The molecule has 0 spiro atoms. The monoisotopic (exact) mass is 2050 g/mol. The molecule has 0 aliphatic carbocycles. The van der Waals surface area contributed by atoms with Gasteiger partial charge >= 0.3 is 32.2 Å². The van der Waals surface area contributed by atoms with Crippen LogP contribution in [0.2, 0.25) is 5.02 Å². The molecule has 147 heavy (non-hydrogen) atoms. The number of hydrogen-bond acceptors (Lipinski definition) is 28. The summed E-state index contributed by atoms with van der Waals surface area (Å²) in [6, 6.07) is 55.0. The molecule has 13 heterocycles. The van der Waals surface area contributed by atoms with Crippen molar-refractivity contribution in [3.8, 4) is 63.7 Å². The molecule has 0 aliphatic heterocycles. The molecule has 0 saturated heterocycles. The first-order valence-corrected chi connectivity index (χ1v) is 43.8. The van der Waals surface area contributed by atoms with Gasteiger partial charge in [0.1, 0.15) is 79.6 Å². The maximum atomic E-state index is 14.5. The number of aromatic nitrogens is 20. The van der Waals surface area contributed by atoms with E-state index in [2.05, 4.69) is 116 Å². The van der Waals surface area contributed by atoms with E-state index >= 15 is 0 Å². The number of nitrogens with one attached hydrogen (secondary N) is 5. The van der Waals surface area contributed by atoms with Crippen LogP contribution in [0.5, 0.6) is 17.2 Å². The summed E-state index contributed by atoms with van der Waals surface area (Å²) in [4.78, 5) is 64.9. The lowest BCUT2D eigenvalue weighted by Crippen LogP contribution is -2.10. The molecule has 20 rings (SSSR count). The normalized spacial score (nSPS) is 11.4. The molecular weight excluding hydrogens is 1970 g/mol. The number of nitrogens with zero attached hydrogens (tertiary/aromatic N) is 20. The highest BCUT2D eigenvalue weighted by Crippen LogP contribution is 2.40. The van der Waals surface area contributed by atoms with Crippen LogP contribution in [-0.4, -0.2) is 117 Å². The Hall–Kier alpha value is -18.5. The van der Waals surface area contributed by atoms with Crippen molar-refractivity contribution < 1.29 is 84.5 Å². The third-order valence-corrected chi connectivity index (χ3v) is 21.9. The zero-order valence-electron chi connectivity index (χ0n) is 76.9. The Labute approximate surface area is 824 Å². The number of benzene rings is 7. The molecule has 50 heteroatoms. The van der Waals surface area contributed by atoms with Crippen molar-refractivity contribution in [2.24, 2.45) is 0 Å². The van der Waals surface area contributed by atoms with Crippen molar-refractivity contribution in [2.75, 3.05) is 55.3 Å². The fourth-order valence-corrected chi connectivity index (χ4v) is 14.9. The molecule has 0 unspecified atom stereocenters. The van der Waals surface area contributed by atoms with E-state index in [0.29, 0.717) is 104 Å². The summed E-state index contributed by atoms with van der Waals surface area (Å²) >= 11 is 6.31. The van der Waals surface area contributed by atoms with Crippen LogP contribution in [-0.2, 0) is 18.8 Å². The number of para-hydroxylation sites is 4. The van der Waals surface area contributed by atoms with Gasteiger partial charge in [0, 0.05) is 65.1 Å². The van der Waals surface area contributed by atoms with Crippen molar-refractivity contribution in [3.05, 3.63) is 311 Å². The Morgan fingerprint density at radius 3 is 1.10 bits per heavy atom. The maximum Gasteiger partial charge on any atom is 0.416 e. The first-order valence-electron chi connectivity index (χ1n) is 43.4. The average molecular weight is 2050 g/mol. The van der Waals surface area contributed by atoms with Crippen LogP contribution in [0.25, 0.3) is 85.5 Å². The van der Waals surface area contributed by atoms with Gasteiger partial charge in [0.05, 0.1) is 50.3 Å². The molecular formula is C97H77ClF16N30O3. The van der Waals surface area contributed by atoms with Crippen molar-refractivity contribution in [3.63, 3.8) is 0 Å². The minimum Gasteiger partial charge on any atom is -0.435 e. The molecule has 0 saturated carbocycles. The topological polar surface area (TPSA) is 434 Å². The number of rotatable bonds is 22. The predicted octanol–water partition coefficient (Wildman–Crippen LogP) is 22.8. The lowest BCUT2D eigenvalue weighted by Gasteiger charge is -2.14. The van der Waals surface area contributed by atoms with Gasteiger partial charge in [0.2, 0.25) is 29.3 Å². The van der Waals surface area contributed by atoms with Gasteiger partial charge in [-0.25, -0.2) is 59.2 Å². The average Bonchev–Trinajstić information content (AvgIpc) is 1.64. The van der Waals surface area contributed by atoms with E-state index in [1.165, 1.54) is 66.7 Å². The largest absolute Gasteiger partial charge is 0.435 e. The number of halogens is 17. The zero-order valence-corrected chi connectivity index (χ0v) is 77.7. The molecule has 13 aromatic heterocycles. The van der Waals surface area contributed by atoms with Gasteiger partial charge in [-0.1, -0.05) is 61.0 Å². The van der Waals surface area contributed by atoms with E-state index in [1.54, 1.807) is 100 Å². The number of ether oxygens (including phenoxy) is 3. The fourth-order valence-electron chi connectivity index (χ4n) is 14.8. The lowest BCUT2D eigenvalue weighted by atomic mass is 10.2. The van der Waals surface area contributed by atoms with E-state index in [4.69, 9.17) is 40.3 Å². The molecule has 0 radical (unpaired) electrons. The number of pyridine rings is 3. The molecule has 0 atom stereocenters. The molecule has 15 N–H and O–H groups in total. The van der Waals surface area contributed by atoms with E-state index in [1.807, 2.05) is 97.3 Å². The Balaban J connectivity index is 0.000000131. The molecule has 752 valence electrons. The number of nitrogen functional groups attached to an aromatic ring is 5. The quantitative estimate of drug-likeness (QED) is 0.0282. The summed E-state index contributed by atoms with van der Waals surface area (Å²) in [6.07, 6.45) is -2.89. The number of imidazole rings is 5. The molecule has 0 aliphatic rings. The highest BCUT2D eigenvalue weighted by atomic mass is 35.5. The van der Waals surface area contributed by atoms with E-state index in [9.17, 15) is 70.2 Å². The molecule has 20 aromatic rings. The van der Waals surface area contributed by atoms with Gasteiger partial charge in [0.25, 0.3) is 0 Å². The zero-order chi connectivity index (χ0) is 105. The highest BCUT2D eigenvalue weighted by molar-refractivity contribution is 6.35. The molecule has 0 amide bonds. The molecule has 0 bridgehead atoms. The Kier molecular flexibility index (Phi) is 29.5. The Bertz CT molecular complexity index is 8030. The van der Waals surface area contributed by atoms with Gasteiger partial charge in [-0.2, -0.15) is 85.8 Å². The summed E-state index contributed by atoms with van der Waals surface area (Å²) in [5, 5.41) is 14.2. The van der Waals surface area contributed by atoms with Gasteiger partial charge in [-0.15, -0.1) is 0 Å². The van der Waals surface area contributed by atoms with Gasteiger partial charge < -0.3 is 69.5 Å². The smallest absolute Gasteiger partial charge is 0.416 e. The number of hydrogen-bond donors (Lipinski definition) is 10. The number of alkyl halides is 12. The van der Waals surface area contributed by atoms with E-state index in [0.717, 1.165) is 64.3 Å². The van der Waals surface area contributed by atoms with E-state index < -0.39 is 84.0 Å². The third-order valence-electron chi connectivity index (χ3n) is 21.5. The Morgan fingerprint density at radius 2 is 0.694 bits per heavy atom. The standard InChI is InChI=1S/C20H17ClF2N6O.C20H17F3N6.C19H14F4N6O.C19H14F4N6.C19H15F3N6O/c1-2-15-26-13-5-3-4-6-14(13)29(15)20-27-17(24)16(21)18(28-20)25-11-7-9-12(10-8-11)30-19(22)23;1-11-17(24)27-19(29-12(2)25-15-5-3-4-6-16(15)29)28-18(11)26-14-9-7-13(8-10-14)20(21,22)23;1-9-15(29-7-3-2-4-13(29)25-9)18-27-16(24)14(21)17(28-18)26-10-5-6-12(11(20)8-10)30-19(22)23;1-10-15(29-9-3-2-4-13(29)25-10)18-27-16(24)14(20)17(28-18)26-12-7-5-11(6-8-12)19(21,22)23;1-10-15(28-9-3-2-4-13(28)24-10)18-26-16(23)14(20)17(27-18)25-11-5-7-12(8-6-11)29-19(21)22/h3-10,19H,2H2,1H3,(H3,24,25,27,28);3-10H,1-2H3,(H3,24,26,27,28);2-8,19H,1H3,(H3,24,26,27,28);2-9H,1H3,(H3,24,26,27,28);2-9,19H,1H3,(H3,23,25,26,27). The van der Waals surface area contributed by atoms with Crippen molar-refractivity contribution in [2.45, 2.75) is 80.2 Å². The first-order chi connectivity index (χ1) is 70.2.